The van der Waals surface area contributed by atoms with Crippen LogP contribution in [0.3, 0.4) is 0 Å². The van der Waals surface area contributed by atoms with Crippen LogP contribution in [0.1, 0.15) is 18.1 Å². The summed E-state index contributed by atoms with van der Waals surface area (Å²) in [5, 5.41) is 13.6. The first kappa shape index (κ1) is 14.7. The number of nitrogens with one attached hydrogen (secondary N) is 1. The highest BCUT2D eigenvalue weighted by atomic mass is 19.1. The summed E-state index contributed by atoms with van der Waals surface area (Å²) in [6.45, 7) is 1.69. The normalized spacial score (nSPS) is 11.2. The molecule has 0 radical (unpaired) electrons. The number of halogens is 1. The number of phenols is 1. The summed E-state index contributed by atoms with van der Waals surface area (Å²) in [6.07, 6.45) is 0.109. The van der Waals surface area contributed by atoms with Crippen LogP contribution >= 0.6 is 0 Å². The molecule has 0 aliphatic heterocycles. The number of rotatable bonds is 4. The fourth-order valence-corrected chi connectivity index (χ4v) is 1.81. The van der Waals surface area contributed by atoms with Gasteiger partial charge in [-0.05, 0) is 36.8 Å². The van der Waals surface area contributed by atoms with E-state index in [0.717, 1.165) is 0 Å². The third-order valence-electron chi connectivity index (χ3n) is 2.92. The van der Waals surface area contributed by atoms with Gasteiger partial charge in [-0.3, -0.25) is 4.79 Å². The minimum Gasteiger partial charge on any atom is -0.507 e. The topological polar surface area (TPSA) is 61.7 Å². The van der Waals surface area contributed by atoms with E-state index in [2.05, 4.69) is 10.5 Å². The largest absolute Gasteiger partial charge is 0.507 e. The van der Waals surface area contributed by atoms with E-state index in [4.69, 9.17) is 0 Å². The standard InChI is InChI=1S/C16H15FN2O2/c1-11(14-4-2-3-5-15(14)20)18-19-16(21)10-12-6-8-13(17)9-7-12/h2-9,20H,10H2,1H3,(H,19,21)/b18-11+. The monoisotopic (exact) mass is 286 g/mol. The van der Waals surface area contributed by atoms with E-state index < -0.39 is 0 Å². The van der Waals surface area contributed by atoms with Crippen molar-refractivity contribution in [2.75, 3.05) is 0 Å². The molecule has 0 spiro atoms. The zero-order valence-electron chi connectivity index (χ0n) is 11.5. The minimum absolute atomic E-state index is 0.103. The molecule has 0 saturated heterocycles. The molecule has 0 aliphatic rings. The Kier molecular flexibility index (Phi) is 4.66. The fraction of sp³-hybridized carbons (Fsp3) is 0.125. The lowest BCUT2D eigenvalue weighted by atomic mass is 10.1. The molecule has 0 aromatic heterocycles. The molecule has 2 rings (SSSR count). The number of nitrogens with zero attached hydrogens (tertiary/aromatic N) is 1. The van der Waals surface area contributed by atoms with Gasteiger partial charge in [-0.2, -0.15) is 5.10 Å². The van der Waals surface area contributed by atoms with E-state index >= 15 is 0 Å². The Hall–Kier alpha value is -2.69. The summed E-state index contributed by atoms with van der Waals surface area (Å²) in [6, 6.07) is 12.4. The quantitative estimate of drug-likeness (QED) is 0.670. The summed E-state index contributed by atoms with van der Waals surface area (Å²) in [5.41, 5.74) is 4.17. The summed E-state index contributed by atoms with van der Waals surface area (Å²) in [4.78, 5) is 11.7. The van der Waals surface area contributed by atoms with Crippen molar-refractivity contribution >= 4 is 11.6 Å². The van der Waals surface area contributed by atoms with Crippen LogP contribution in [-0.4, -0.2) is 16.7 Å². The summed E-state index contributed by atoms with van der Waals surface area (Å²) < 4.78 is 12.8. The molecule has 1 amide bonds. The summed E-state index contributed by atoms with van der Waals surface area (Å²) >= 11 is 0. The Morgan fingerprint density at radius 1 is 1.19 bits per heavy atom. The van der Waals surface area contributed by atoms with Gasteiger partial charge < -0.3 is 5.11 Å². The third-order valence-corrected chi connectivity index (χ3v) is 2.92. The van der Waals surface area contributed by atoms with Crippen molar-refractivity contribution in [2.24, 2.45) is 5.10 Å². The highest BCUT2D eigenvalue weighted by Crippen LogP contribution is 2.16. The molecular weight excluding hydrogens is 271 g/mol. The van der Waals surface area contributed by atoms with Gasteiger partial charge in [0, 0.05) is 5.56 Å². The van der Waals surface area contributed by atoms with Gasteiger partial charge in [0.1, 0.15) is 11.6 Å². The Morgan fingerprint density at radius 3 is 2.52 bits per heavy atom. The van der Waals surface area contributed by atoms with E-state index in [0.29, 0.717) is 16.8 Å². The molecule has 0 saturated carbocycles. The maximum absolute atomic E-state index is 12.8. The maximum Gasteiger partial charge on any atom is 0.244 e. The number of para-hydroxylation sites is 1. The number of hydrazone groups is 1. The van der Waals surface area contributed by atoms with Crippen molar-refractivity contribution in [1.82, 2.24) is 5.43 Å². The molecule has 2 aromatic rings. The average molecular weight is 286 g/mol. The zero-order chi connectivity index (χ0) is 15.2. The van der Waals surface area contributed by atoms with Crippen LogP contribution in [0.5, 0.6) is 5.75 Å². The van der Waals surface area contributed by atoms with Gasteiger partial charge in [-0.15, -0.1) is 0 Å². The molecule has 0 unspecified atom stereocenters. The highest BCUT2D eigenvalue weighted by Gasteiger charge is 2.05. The van der Waals surface area contributed by atoms with Gasteiger partial charge in [0.05, 0.1) is 12.1 Å². The lowest BCUT2D eigenvalue weighted by Crippen LogP contribution is -2.21. The van der Waals surface area contributed by atoms with E-state index in [9.17, 15) is 14.3 Å². The van der Waals surface area contributed by atoms with Gasteiger partial charge in [0.25, 0.3) is 0 Å². The van der Waals surface area contributed by atoms with Gasteiger partial charge >= 0.3 is 0 Å². The van der Waals surface area contributed by atoms with Crippen molar-refractivity contribution in [3.63, 3.8) is 0 Å². The van der Waals surface area contributed by atoms with Crippen LogP contribution in [0.4, 0.5) is 4.39 Å². The van der Waals surface area contributed by atoms with Crippen molar-refractivity contribution in [1.29, 1.82) is 0 Å². The van der Waals surface area contributed by atoms with Crippen LogP contribution < -0.4 is 5.43 Å². The van der Waals surface area contributed by atoms with Crippen LogP contribution in [0.2, 0.25) is 0 Å². The fourth-order valence-electron chi connectivity index (χ4n) is 1.81. The van der Waals surface area contributed by atoms with Crippen molar-refractivity contribution in [3.8, 4) is 5.75 Å². The van der Waals surface area contributed by atoms with Gasteiger partial charge in [-0.25, -0.2) is 9.82 Å². The van der Waals surface area contributed by atoms with Gasteiger partial charge in [0.15, 0.2) is 0 Å². The molecule has 0 heterocycles. The second kappa shape index (κ2) is 6.65. The van der Waals surface area contributed by atoms with E-state index in [1.807, 2.05) is 0 Å². The third kappa shape index (κ3) is 4.14. The van der Waals surface area contributed by atoms with Gasteiger partial charge in [-0.1, -0.05) is 24.3 Å². The number of hydrogen-bond donors (Lipinski definition) is 2. The molecule has 4 nitrogen and oxygen atoms in total. The number of hydrogen-bond acceptors (Lipinski definition) is 3. The molecule has 0 bridgehead atoms. The molecule has 0 fully saturated rings. The van der Waals surface area contributed by atoms with Crippen molar-refractivity contribution < 1.29 is 14.3 Å². The minimum atomic E-state index is -0.340. The molecule has 0 atom stereocenters. The highest BCUT2D eigenvalue weighted by molar-refractivity contribution is 6.01. The number of phenolic OH excluding ortho intramolecular Hbond substituents is 1. The Balaban J connectivity index is 1.98. The number of carbonyl (C=O) groups excluding carboxylic acids is 1. The van der Waals surface area contributed by atoms with Crippen molar-refractivity contribution in [2.45, 2.75) is 13.3 Å². The predicted molar refractivity (Wildman–Crippen MR) is 78.6 cm³/mol. The van der Waals surface area contributed by atoms with Crippen LogP contribution in [0.25, 0.3) is 0 Å². The number of benzene rings is 2. The first-order valence-electron chi connectivity index (χ1n) is 6.42. The molecular formula is C16H15FN2O2. The first-order chi connectivity index (χ1) is 10.1. The van der Waals surface area contributed by atoms with E-state index in [1.54, 1.807) is 43.3 Å². The van der Waals surface area contributed by atoms with E-state index in [1.165, 1.54) is 12.1 Å². The number of carbonyl (C=O) groups is 1. The lowest BCUT2D eigenvalue weighted by molar-refractivity contribution is -0.120. The van der Waals surface area contributed by atoms with Gasteiger partial charge in [0.2, 0.25) is 5.91 Å². The maximum atomic E-state index is 12.8. The predicted octanol–water partition coefficient (Wildman–Crippen LogP) is 2.61. The second-order valence-electron chi connectivity index (χ2n) is 4.55. The second-order valence-corrected chi connectivity index (χ2v) is 4.55. The van der Waals surface area contributed by atoms with E-state index in [-0.39, 0.29) is 23.9 Å². The molecule has 2 N–H and O–H groups in total. The molecule has 0 aliphatic carbocycles. The molecule has 21 heavy (non-hydrogen) atoms. The Bertz CT molecular complexity index is 666. The number of amides is 1. The summed E-state index contributed by atoms with van der Waals surface area (Å²) in [5.74, 6) is -0.546. The zero-order valence-corrected chi connectivity index (χ0v) is 11.5. The first-order valence-corrected chi connectivity index (χ1v) is 6.42. The lowest BCUT2D eigenvalue weighted by Gasteiger charge is -2.05. The van der Waals surface area contributed by atoms with Crippen molar-refractivity contribution in [3.05, 3.63) is 65.5 Å². The van der Waals surface area contributed by atoms with Crippen LogP contribution in [0, 0.1) is 5.82 Å². The average Bonchev–Trinajstić information content (AvgIpc) is 2.48. The molecule has 108 valence electrons. The summed E-state index contributed by atoms with van der Waals surface area (Å²) in [7, 11) is 0. The number of aromatic hydroxyl groups is 1. The Morgan fingerprint density at radius 2 is 1.86 bits per heavy atom. The van der Waals surface area contributed by atoms with Crippen LogP contribution in [-0.2, 0) is 11.2 Å². The van der Waals surface area contributed by atoms with Crippen LogP contribution in [0.15, 0.2) is 53.6 Å². The molecule has 2 aromatic carbocycles. The Labute approximate surface area is 121 Å². The smallest absolute Gasteiger partial charge is 0.244 e. The molecule has 5 heteroatoms. The SMILES string of the molecule is C/C(=N\NC(=O)Cc1ccc(F)cc1)c1ccccc1O.